The highest BCUT2D eigenvalue weighted by molar-refractivity contribution is 9.10. The second-order valence-electron chi connectivity index (χ2n) is 6.51. The monoisotopic (exact) mass is 326 g/mol. The van der Waals surface area contributed by atoms with E-state index in [1.807, 2.05) is 6.07 Å². The van der Waals surface area contributed by atoms with Crippen molar-refractivity contribution in [3.05, 3.63) is 34.3 Å². The molecule has 108 valence electrons. The number of nitrogens with zero attached hydrogens (tertiary/aromatic N) is 1. The summed E-state index contributed by atoms with van der Waals surface area (Å²) in [6.07, 6.45) is 0.973. The van der Waals surface area contributed by atoms with Crippen LogP contribution in [-0.4, -0.2) is 24.5 Å². The molecule has 0 radical (unpaired) electrons. The Kier molecular flexibility index (Phi) is 6.03. The predicted octanol–water partition coefficient (Wildman–Crippen LogP) is 4.21. The first kappa shape index (κ1) is 16.7. The lowest BCUT2D eigenvalue weighted by molar-refractivity contribution is 0.150. The molecule has 3 heteroatoms. The lowest BCUT2D eigenvalue weighted by Crippen LogP contribution is -2.42. The number of halogens is 1. The first-order valence-electron chi connectivity index (χ1n) is 6.96. The molecule has 0 aromatic heterocycles. The first-order chi connectivity index (χ1) is 8.76. The van der Waals surface area contributed by atoms with E-state index in [1.54, 1.807) is 0 Å². The topological polar surface area (TPSA) is 29.3 Å². The third kappa shape index (κ3) is 4.90. The van der Waals surface area contributed by atoms with Gasteiger partial charge in [-0.05, 0) is 30.5 Å². The first-order valence-corrected chi connectivity index (χ1v) is 7.76. The second kappa shape index (κ2) is 6.87. The molecule has 19 heavy (non-hydrogen) atoms. The fourth-order valence-electron chi connectivity index (χ4n) is 2.58. The van der Waals surface area contributed by atoms with Gasteiger partial charge in [-0.1, -0.05) is 61.8 Å². The van der Waals surface area contributed by atoms with Gasteiger partial charge in [0.15, 0.2) is 0 Å². The minimum absolute atomic E-state index is 0.144. The minimum Gasteiger partial charge on any atom is -0.326 e. The van der Waals surface area contributed by atoms with Crippen molar-refractivity contribution in [3.8, 4) is 0 Å². The van der Waals surface area contributed by atoms with Gasteiger partial charge in [0.05, 0.1) is 6.04 Å². The molecule has 0 saturated heterocycles. The van der Waals surface area contributed by atoms with E-state index in [0.29, 0.717) is 0 Å². The maximum absolute atomic E-state index is 6.38. The Morgan fingerprint density at radius 1 is 1.26 bits per heavy atom. The van der Waals surface area contributed by atoms with Gasteiger partial charge in [0.2, 0.25) is 0 Å². The van der Waals surface area contributed by atoms with Crippen LogP contribution in [0.5, 0.6) is 0 Å². The lowest BCUT2D eigenvalue weighted by atomic mass is 9.91. The van der Waals surface area contributed by atoms with Crippen LogP contribution in [0.25, 0.3) is 0 Å². The number of benzene rings is 1. The van der Waals surface area contributed by atoms with Gasteiger partial charge in [-0.15, -0.1) is 0 Å². The van der Waals surface area contributed by atoms with Crippen molar-refractivity contribution in [2.45, 2.75) is 46.2 Å². The Labute approximate surface area is 126 Å². The van der Waals surface area contributed by atoms with Crippen molar-refractivity contribution in [3.63, 3.8) is 0 Å². The van der Waals surface area contributed by atoms with Crippen LogP contribution in [-0.2, 0) is 0 Å². The van der Waals surface area contributed by atoms with Gasteiger partial charge in [0.1, 0.15) is 0 Å². The average Bonchev–Trinajstić information content (AvgIpc) is 2.29. The molecule has 0 aliphatic rings. The van der Waals surface area contributed by atoms with Gasteiger partial charge in [0.25, 0.3) is 0 Å². The zero-order valence-corrected chi connectivity index (χ0v) is 14.4. The van der Waals surface area contributed by atoms with Gasteiger partial charge < -0.3 is 5.73 Å². The molecule has 0 heterocycles. The van der Waals surface area contributed by atoms with E-state index in [9.17, 15) is 0 Å². The Bertz CT molecular complexity index is 398. The lowest BCUT2D eigenvalue weighted by Gasteiger charge is -2.37. The molecule has 1 rings (SSSR count). The molecule has 0 fully saturated rings. The highest BCUT2D eigenvalue weighted by Crippen LogP contribution is 2.31. The summed E-state index contributed by atoms with van der Waals surface area (Å²) in [5.41, 5.74) is 7.92. The number of nitrogens with two attached hydrogens (primary N) is 1. The zero-order chi connectivity index (χ0) is 14.6. The molecule has 2 nitrogen and oxygen atoms in total. The molecule has 0 spiro atoms. The largest absolute Gasteiger partial charge is 0.326 e. The Morgan fingerprint density at radius 3 is 2.32 bits per heavy atom. The van der Waals surface area contributed by atoms with E-state index < -0.39 is 0 Å². The van der Waals surface area contributed by atoms with E-state index in [1.165, 1.54) is 5.56 Å². The van der Waals surface area contributed by atoms with E-state index in [-0.39, 0.29) is 17.5 Å². The summed E-state index contributed by atoms with van der Waals surface area (Å²) in [6, 6.07) is 8.79. The molecule has 2 unspecified atom stereocenters. The van der Waals surface area contributed by atoms with Crippen LogP contribution in [0.1, 0.15) is 45.7 Å². The van der Waals surface area contributed by atoms with Gasteiger partial charge in [0, 0.05) is 17.1 Å². The fraction of sp³-hybridized carbons (Fsp3) is 0.625. The van der Waals surface area contributed by atoms with Crippen LogP contribution < -0.4 is 5.73 Å². The summed E-state index contributed by atoms with van der Waals surface area (Å²) in [6.45, 7) is 9.96. The number of rotatable bonds is 5. The van der Waals surface area contributed by atoms with Gasteiger partial charge in [-0.2, -0.15) is 0 Å². The highest BCUT2D eigenvalue weighted by atomic mass is 79.9. The summed E-state index contributed by atoms with van der Waals surface area (Å²) in [4.78, 5) is 2.38. The van der Waals surface area contributed by atoms with Crippen molar-refractivity contribution in [1.82, 2.24) is 4.90 Å². The van der Waals surface area contributed by atoms with Gasteiger partial charge >= 0.3 is 0 Å². The number of hydrogen-bond acceptors (Lipinski definition) is 2. The Hall–Kier alpha value is -0.380. The van der Waals surface area contributed by atoms with Crippen LogP contribution in [0, 0.1) is 5.41 Å². The van der Waals surface area contributed by atoms with Crippen molar-refractivity contribution in [1.29, 1.82) is 0 Å². The molecule has 1 aromatic rings. The molecular weight excluding hydrogens is 300 g/mol. The summed E-state index contributed by atoms with van der Waals surface area (Å²) < 4.78 is 1.14. The minimum atomic E-state index is 0.144. The van der Waals surface area contributed by atoms with E-state index >= 15 is 0 Å². The third-order valence-electron chi connectivity index (χ3n) is 3.30. The summed E-state index contributed by atoms with van der Waals surface area (Å²) in [5, 5.41) is 0. The summed E-state index contributed by atoms with van der Waals surface area (Å²) in [7, 11) is 2.17. The smallest absolute Gasteiger partial charge is 0.0507 e. The van der Waals surface area contributed by atoms with Crippen molar-refractivity contribution in [2.24, 2.45) is 11.1 Å². The quantitative estimate of drug-likeness (QED) is 0.878. The Morgan fingerprint density at radius 2 is 1.84 bits per heavy atom. The maximum Gasteiger partial charge on any atom is 0.0507 e. The Balaban J connectivity index is 3.05. The molecule has 1 aromatic carbocycles. The molecule has 0 aliphatic carbocycles. The van der Waals surface area contributed by atoms with Crippen LogP contribution >= 0.6 is 15.9 Å². The third-order valence-corrected chi connectivity index (χ3v) is 4.02. The van der Waals surface area contributed by atoms with Gasteiger partial charge in [-0.25, -0.2) is 0 Å². The predicted molar refractivity (Wildman–Crippen MR) is 87.2 cm³/mol. The summed E-state index contributed by atoms with van der Waals surface area (Å²) >= 11 is 3.66. The SMILES string of the molecule is CCC(N)C(c1ccccc1Br)N(C)CC(C)(C)C. The number of hydrogen-bond donors (Lipinski definition) is 1. The molecule has 0 amide bonds. The van der Waals surface area contributed by atoms with Crippen molar-refractivity contribution in [2.75, 3.05) is 13.6 Å². The van der Waals surface area contributed by atoms with E-state index in [4.69, 9.17) is 5.73 Å². The zero-order valence-electron chi connectivity index (χ0n) is 12.8. The normalized spacial score (nSPS) is 15.6. The van der Waals surface area contributed by atoms with Crippen molar-refractivity contribution < 1.29 is 0 Å². The second-order valence-corrected chi connectivity index (χ2v) is 7.37. The average molecular weight is 327 g/mol. The maximum atomic E-state index is 6.38. The van der Waals surface area contributed by atoms with Crippen LogP contribution in [0.4, 0.5) is 0 Å². The van der Waals surface area contributed by atoms with Crippen molar-refractivity contribution >= 4 is 15.9 Å². The molecule has 2 N–H and O–H groups in total. The van der Waals surface area contributed by atoms with E-state index in [0.717, 1.165) is 17.4 Å². The molecule has 2 atom stereocenters. The molecule has 0 bridgehead atoms. The standard InChI is InChI=1S/C16H27BrN2/c1-6-14(18)15(19(5)11-16(2,3)4)12-9-7-8-10-13(12)17/h7-10,14-15H,6,11,18H2,1-5H3. The number of likely N-dealkylation sites (N-methyl/N-ethyl adjacent to an activating group) is 1. The molecule has 0 aliphatic heterocycles. The molecular formula is C16H27BrN2. The van der Waals surface area contributed by atoms with Crippen LogP contribution in [0.3, 0.4) is 0 Å². The molecule has 0 saturated carbocycles. The fourth-order valence-corrected chi connectivity index (χ4v) is 3.10. The highest BCUT2D eigenvalue weighted by Gasteiger charge is 2.27. The summed E-state index contributed by atoms with van der Waals surface area (Å²) in [5.74, 6) is 0. The van der Waals surface area contributed by atoms with E-state index in [2.05, 4.69) is 73.8 Å². The van der Waals surface area contributed by atoms with Gasteiger partial charge in [-0.3, -0.25) is 4.90 Å². The van der Waals surface area contributed by atoms with Crippen LogP contribution in [0.15, 0.2) is 28.7 Å². The van der Waals surface area contributed by atoms with Crippen LogP contribution in [0.2, 0.25) is 0 Å².